The molecule has 80 heavy (non-hydrogen) atoms. The van der Waals surface area contributed by atoms with Crippen molar-refractivity contribution in [2.24, 2.45) is 0 Å². The van der Waals surface area contributed by atoms with Gasteiger partial charge in [-0.05, 0) is 77.0 Å². The lowest BCUT2D eigenvalue weighted by Crippen LogP contribution is -2.45. The zero-order valence-corrected chi connectivity index (χ0v) is 54.3. The van der Waals surface area contributed by atoms with E-state index >= 15 is 0 Å². The van der Waals surface area contributed by atoms with Gasteiger partial charge in [0, 0.05) is 12.8 Å². The Morgan fingerprint density at radius 2 is 0.588 bits per heavy atom. The van der Waals surface area contributed by atoms with Gasteiger partial charge in [0.1, 0.15) is 0 Å². The van der Waals surface area contributed by atoms with Crippen molar-refractivity contribution in [2.75, 3.05) is 13.2 Å². The number of aliphatic hydroxyl groups is 2. The quantitative estimate of drug-likeness (QED) is 0.0320. The summed E-state index contributed by atoms with van der Waals surface area (Å²) in [5, 5.41) is 23.4. The highest BCUT2D eigenvalue weighted by Crippen LogP contribution is 2.19. The first-order valence-corrected chi connectivity index (χ1v) is 36.6. The molecule has 0 aliphatic heterocycles. The lowest BCUT2D eigenvalue weighted by Gasteiger charge is -2.22. The van der Waals surface area contributed by atoms with Crippen molar-refractivity contribution in [3.05, 3.63) is 24.3 Å². The van der Waals surface area contributed by atoms with Crippen LogP contribution in [0.25, 0.3) is 0 Å². The van der Waals surface area contributed by atoms with Crippen LogP contribution in [-0.4, -0.2) is 47.4 Å². The second-order valence-electron chi connectivity index (χ2n) is 25.3. The van der Waals surface area contributed by atoms with Gasteiger partial charge in [-0.3, -0.25) is 9.59 Å². The number of allylic oxidation sites excluding steroid dienone is 4. The maximum absolute atomic E-state index is 12.5. The fourth-order valence-electron chi connectivity index (χ4n) is 11.6. The molecular formula is C74H143NO5. The van der Waals surface area contributed by atoms with Crippen LogP contribution in [0.4, 0.5) is 0 Å². The number of unbranched alkanes of at least 4 members (excludes halogenated alkanes) is 54. The number of carbonyl (C=O) groups excluding carboxylic acids is 2. The lowest BCUT2D eigenvalue weighted by molar-refractivity contribution is -0.143. The van der Waals surface area contributed by atoms with E-state index in [0.717, 1.165) is 44.9 Å². The van der Waals surface area contributed by atoms with Gasteiger partial charge in [0.05, 0.1) is 25.4 Å². The first-order chi connectivity index (χ1) is 39.5. The Labute approximate surface area is 501 Å². The number of amides is 1. The molecule has 2 atom stereocenters. The molecule has 1 amide bonds. The van der Waals surface area contributed by atoms with Gasteiger partial charge >= 0.3 is 5.97 Å². The SMILES string of the molecule is CCCCCCCC/C=C\CCCCCCCC(=O)OCCCCCCCCCCCCCC/C=C\CCCCCCCCCCCCCCCCC(=O)NC(CO)C(O)CCCCCCCCCCCCCCCCCCCC. The topological polar surface area (TPSA) is 95.9 Å². The second kappa shape index (κ2) is 69.8. The average molecular weight is 1130 g/mol. The zero-order chi connectivity index (χ0) is 57.8. The Balaban J connectivity index is 3.36. The first-order valence-electron chi connectivity index (χ1n) is 36.6. The predicted molar refractivity (Wildman–Crippen MR) is 352 cm³/mol. The summed E-state index contributed by atoms with van der Waals surface area (Å²) in [6.07, 6.45) is 88.1. The van der Waals surface area contributed by atoms with E-state index < -0.39 is 12.1 Å². The molecule has 0 heterocycles. The van der Waals surface area contributed by atoms with Crippen molar-refractivity contribution in [3.8, 4) is 0 Å². The predicted octanol–water partition coefficient (Wildman–Crippen LogP) is 23.7. The van der Waals surface area contributed by atoms with Crippen molar-refractivity contribution in [1.82, 2.24) is 5.32 Å². The van der Waals surface area contributed by atoms with E-state index in [-0.39, 0.29) is 18.5 Å². The summed E-state index contributed by atoms with van der Waals surface area (Å²) >= 11 is 0. The maximum Gasteiger partial charge on any atom is 0.305 e. The maximum atomic E-state index is 12.5. The summed E-state index contributed by atoms with van der Waals surface area (Å²) < 4.78 is 5.49. The Bertz CT molecular complexity index is 1250. The largest absolute Gasteiger partial charge is 0.466 e. The summed E-state index contributed by atoms with van der Waals surface area (Å²) in [5.41, 5.74) is 0. The molecule has 0 bridgehead atoms. The van der Waals surface area contributed by atoms with E-state index in [2.05, 4.69) is 43.5 Å². The van der Waals surface area contributed by atoms with Gasteiger partial charge < -0.3 is 20.3 Å². The molecule has 0 aliphatic rings. The Hall–Kier alpha value is -1.66. The summed E-state index contributed by atoms with van der Waals surface area (Å²) in [6, 6.07) is -0.541. The van der Waals surface area contributed by atoms with Crippen LogP contribution in [-0.2, 0) is 14.3 Å². The number of ether oxygens (including phenoxy) is 1. The fraction of sp³-hybridized carbons (Fsp3) is 0.919. The third kappa shape index (κ3) is 65.5. The number of aliphatic hydroxyl groups excluding tert-OH is 2. The monoisotopic (exact) mass is 1130 g/mol. The van der Waals surface area contributed by atoms with Crippen LogP contribution in [0.2, 0.25) is 0 Å². The van der Waals surface area contributed by atoms with E-state index in [1.807, 2.05) is 0 Å². The van der Waals surface area contributed by atoms with Crippen LogP contribution < -0.4 is 5.32 Å². The highest BCUT2D eigenvalue weighted by Gasteiger charge is 2.20. The number of hydrogen-bond donors (Lipinski definition) is 3. The van der Waals surface area contributed by atoms with Gasteiger partial charge in [-0.15, -0.1) is 0 Å². The van der Waals surface area contributed by atoms with Gasteiger partial charge in [-0.25, -0.2) is 0 Å². The number of rotatable bonds is 69. The molecule has 0 fully saturated rings. The second-order valence-corrected chi connectivity index (χ2v) is 25.3. The van der Waals surface area contributed by atoms with Crippen LogP contribution in [0, 0.1) is 0 Å². The van der Waals surface area contributed by atoms with Crippen LogP contribution in [0.3, 0.4) is 0 Å². The molecule has 6 nitrogen and oxygen atoms in total. The van der Waals surface area contributed by atoms with Gasteiger partial charge in [0.15, 0.2) is 0 Å². The van der Waals surface area contributed by atoms with Crippen molar-refractivity contribution >= 4 is 11.9 Å². The van der Waals surface area contributed by atoms with Crippen molar-refractivity contribution in [1.29, 1.82) is 0 Å². The molecule has 0 saturated carbocycles. The molecule has 0 aromatic carbocycles. The molecule has 0 saturated heterocycles. The summed E-state index contributed by atoms with van der Waals surface area (Å²) in [7, 11) is 0. The van der Waals surface area contributed by atoms with Gasteiger partial charge in [0.2, 0.25) is 5.91 Å². The Morgan fingerprint density at radius 1 is 0.338 bits per heavy atom. The normalized spacial score (nSPS) is 12.6. The van der Waals surface area contributed by atoms with Gasteiger partial charge in [-0.1, -0.05) is 346 Å². The molecule has 0 aliphatic carbocycles. The molecular weight excluding hydrogens is 983 g/mol. The standard InChI is InChI=1S/C74H143NO5/c1-3-5-7-9-11-13-15-17-19-20-35-39-42-46-50-54-58-62-66-72(77)71(70-76)75-73(78)67-63-59-55-51-47-43-40-36-33-31-29-27-25-23-21-22-24-26-28-30-32-34-37-41-45-49-53-57-61-65-69-80-74(79)68-64-60-56-52-48-44-38-18-16-14-12-10-8-6-4-2/h18,22,24,38,71-72,76-77H,3-17,19-21,23,25-37,39-70H2,1-2H3,(H,75,78)/b24-22-,38-18-. The minimum atomic E-state index is -0.664. The van der Waals surface area contributed by atoms with Crippen LogP contribution >= 0.6 is 0 Å². The smallest absolute Gasteiger partial charge is 0.305 e. The van der Waals surface area contributed by atoms with E-state index in [4.69, 9.17) is 4.74 Å². The lowest BCUT2D eigenvalue weighted by atomic mass is 10.0. The Kier molecular flexibility index (Phi) is 68.4. The van der Waals surface area contributed by atoms with Crippen molar-refractivity contribution in [2.45, 2.75) is 424 Å². The molecule has 0 aromatic rings. The van der Waals surface area contributed by atoms with Crippen molar-refractivity contribution < 1.29 is 24.5 Å². The first kappa shape index (κ1) is 78.3. The van der Waals surface area contributed by atoms with E-state index in [0.29, 0.717) is 25.9 Å². The highest BCUT2D eigenvalue weighted by atomic mass is 16.5. The third-order valence-electron chi connectivity index (χ3n) is 17.2. The third-order valence-corrected chi connectivity index (χ3v) is 17.2. The summed E-state index contributed by atoms with van der Waals surface area (Å²) in [6.45, 7) is 4.98. The molecule has 2 unspecified atom stereocenters. The van der Waals surface area contributed by atoms with E-state index in [9.17, 15) is 19.8 Å². The number of hydrogen-bond acceptors (Lipinski definition) is 5. The molecule has 0 radical (unpaired) electrons. The Morgan fingerprint density at radius 3 is 0.887 bits per heavy atom. The molecule has 0 rings (SSSR count). The summed E-state index contributed by atoms with van der Waals surface area (Å²) in [5.74, 6) is -0.0195. The van der Waals surface area contributed by atoms with Crippen LogP contribution in [0.15, 0.2) is 24.3 Å². The molecule has 0 aromatic heterocycles. The molecule has 0 spiro atoms. The molecule has 6 heteroatoms. The van der Waals surface area contributed by atoms with E-state index in [1.165, 1.54) is 334 Å². The molecule has 3 N–H and O–H groups in total. The number of carbonyl (C=O) groups is 2. The number of nitrogens with one attached hydrogen (secondary N) is 1. The van der Waals surface area contributed by atoms with Crippen molar-refractivity contribution in [3.63, 3.8) is 0 Å². The zero-order valence-electron chi connectivity index (χ0n) is 54.3. The summed E-state index contributed by atoms with van der Waals surface area (Å²) in [4.78, 5) is 24.6. The van der Waals surface area contributed by atoms with Gasteiger partial charge in [0.25, 0.3) is 0 Å². The number of esters is 1. The van der Waals surface area contributed by atoms with Crippen LogP contribution in [0.5, 0.6) is 0 Å². The minimum absolute atomic E-state index is 0.00995. The molecule has 474 valence electrons. The fourth-order valence-corrected chi connectivity index (χ4v) is 11.6. The average Bonchev–Trinajstić information content (AvgIpc) is 3.46. The van der Waals surface area contributed by atoms with E-state index in [1.54, 1.807) is 0 Å². The van der Waals surface area contributed by atoms with Gasteiger partial charge in [-0.2, -0.15) is 0 Å². The highest BCUT2D eigenvalue weighted by molar-refractivity contribution is 5.76. The minimum Gasteiger partial charge on any atom is -0.466 e. The van der Waals surface area contributed by atoms with Crippen LogP contribution in [0.1, 0.15) is 412 Å².